The Hall–Kier alpha value is -1.66. The molecule has 0 spiro atoms. The van der Waals surface area contributed by atoms with Crippen molar-refractivity contribution in [2.75, 3.05) is 5.32 Å². The molecule has 20 heavy (non-hydrogen) atoms. The molecule has 3 rings (SSSR count). The van der Waals surface area contributed by atoms with Crippen LogP contribution in [0.5, 0.6) is 0 Å². The van der Waals surface area contributed by atoms with Crippen LogP contribution in [0.25, 0.3) is 11.5 Å². The van der Waals surface area contributed by atoms with Gasteiger partial charge in [0.25, 0.3) is 0 Å². The van der Waals surface area contributed by atoms with Gasteiger partial charge in [-0.2, -0.15) is 0 Å². The van der Waals surface area contributed by atoms with Crippen molar-refractivity contribution in [2.45, 2.75) is 13.5 Å². The molecule has 0 unspecified atom stereocenters. The predicted octanol–water partition coefficient (Wildman–Crippen LogP) is 4.48. The lowest BCUT2D eigenvalue weighted by molar-refractivity contribution is 0.533. The van der Waals surface area contributed by atoms with Crippen LogP contribution in [0.1, 0.15) is 10.8 Å². The summed E-state index contributed by atoms with van der Waals surface area (Å²) in [5, 5.41) is 13.4. The summed E-state index contributed by atoms with van der Waals surface area (Å²) in [6, 6.07) is 10.0. The van der Waals surface area contributed by atoms with E-state index in [4.69, 9.17) is 4.42 Å². The third kappa shape index (κ3) is 2.91. The molecule has 0 fully saturated rings. The number of nitrogens with zero attached hydrogens (tertiary/aromatic N) is 2. The van der Waals surface area contributed by atoms with Gasteiger partial charge in [-0.3, -0.25) is 0 Å². The van der Waals surface area contributed by atoms with Gasteiger partial charge >= 0.3 is 0 Å². The molecular formula is C14H12BrN3OS. The van der Waals surface area contributed by atoms with E-state index in [0.29, 0.717) is 11.8 Å². The van der Waals surface area contributed by atoms with E-state index >= 15 is 0 Å². The van der Waals surface area contributed by atoms with Crippen molar-refractivity contribution in [1.29, 1.82) is 0 Å². The summed E-state index contributed by atoms with van der Waals surface area (Å²) in [4.78, 5) is 1.26. The predicted molar refractivity (Wildman–Crippen MR) is 83.8 cm³/mol. The molecule has 0 saturated heterocycles. The molecule has 1 N–H and O–H groups in total. The number of benzene rings is 1. The molecule has 0 radical (unpaired) electrons. The zero-order valence-corrected chi connectivity index (χ0v) is 13.2. The number of rotatable bonds is 4. The third-order valence-electron chi connectivity index (χ3n) is 2.76. The summed E-state index contributed by atoms with van der Waals surface area (Å²) < 4.78 is 6.61. The second-order valence-electron chi connectivity index (χ2n) is 4.26. The van der Waals surface area contributed by atoms with Gasteiger partial charge in [-0.05, 0) is 34.1 Å². The zero-order chi connectivity index (χ0) is 13.9. The summed E-state index contributed by atoms with van der Waals surface area (Å²) in [6.07, 6.45) is 0. The number of hydrogen-bond acceptors (Lipinski definition) is 5. The zero-order valence-electron chi connectivity index (χ0n) is 10.8. The lowest BCUT2D eigenvalue weighted by Gasteiger charge is -2.08. The molecular weight excluding hydrogens is 338 g/mol. The molecule has 3 aromatic rings. The van der Waals surface area contributed by atoms with Crippen molar-refractivity contribution in [1.82, 2.24) is 10.2 Å². The molecule has 0 amide bonds. The lowest BCUT2D eigenvalue weighted by Crippen LogP contribution is -1.99. The molecule has 6 heteroatoms. The van der Waals surface area contributed by atoms with Gasteiger partial charge in [-0.15, -0.1) is 21.5 Å². The van der Waals surface area contributed by atoms with Crippen LogP contribution in [0.3, 0.4) is 0 Å². The van der Waals surface area contributed by atoms with Gasteiger partial charge in [0.2, 0.25) is 11.8 Å². The van der Waals surface area contributed by atoms with E-state index in [2.05, 4.69) is 42.9 Å². The molecule has 0 aliphatic carbocycles. The fourth-order valence-electron chi connectivity index (χ4n) is 1.86. The molecule has 0 bridgehead atoms. The van der Waals surface area contributed by atoms with Gasteiger partial charge in [-0.25, -0.2) is 0 Å². The summed E-state index contributed by atoms with van der Waals surface area (Å²) in [5.41, 5.74) is 1.91. The van der Waals surface area contributed by atoms with Gasteiger partial charge in [0.1, 0.15) is 0 Å². The van der Waals surface area contributed by atoms with Crippen LogP contribution in [0.15, 0.2) is 44.6 Å². The first-order valence-corrected chi connectivity index (χ1v) is 7.76. The van der Waals surface area contributed by atoms with Crippen LogP contribution in [0, 0.1) is 6.92 Å². The average Bonchev–Trinajstić information content (AvgIpc) is 3.06. The SMILES string of the molecule is Cc1nnc(-c2ccccc2NCc2cc(Br)cs2)o1. The van der Waals surface area contributed by atoms with Gasteiger partial charge < -0.3 is 9.73 Å². The maximum absolute atomic E-state index is 5.50. The normalized spacial score (nSPS) is 10.7. The minimum absolute atomic E-state index is 0.540. The summed E-state index contributed by atoms with van der Waals surface area (Å²) >= 11 is 5.18. The van der Waals surface area contributed by atoms with Crippen molar-refractivity contribution in [3.8, 4) is 11.5 Å². The first-order chi connectivity index (χ1) is 9.72. The topological polar surface area (TPSA) is 51.0 Å². The van der Waals surface area contributed by atoms with Crippen molar-refractivity contribution in [3.63, 3.8) is 0 Å². The van der Waals surface area contributed by atoms with Crippen LogP contribution in [0.4, 0.5) is 5.69 Å². The van der Waals surface area contributed by atoms with E-state index in [-0.39, 0.29) is 0 Å². The smallest absolute Gasteiger partial charge is 0.249 e. The third-order valence-corrected chi connectivity index (χ3v) is 4.46. The number of thiophene rings is 1. The van der Waals surface area contributed by atoms with E-state index < -0.39 is 0 Å². The maximum Gasteiger partial charge on any atom is 0.249 e. The van der Waals surface area contributed by atoms with Crippen LogP contribution in [-0.4, -0.2) is 10.2 Å². The number of aryl methyl sites for hydroxylation is 1. The highest BCUT2D eigenvalue weighted by Gasteiger charge is 2.10. The van der Waals surface area contributed by atoms with Gasteiger partial charge in [0, 0.05) is 33.9 Å². The molecule has 0 atom stereocenters. The number of para-hydroxylation sites is 1. The number of aromatic nitrogens is 2. The number of anilines is 1. The van der Waals surface area contributed by atoms with E-state index in [1.165, 1.54) is 4.88 Å². The Morgan fingerprint density at radius 3 is 2.85 bits per heavy atom. The Bertz CT molecular complexity index is 723. The van der Waals surface area contributed by atoms with Gasteiger partial charge in [-0.1, -0.05) is 12.1 Å². The van der Waals surface area contributed by atoms with E-state index in [0.717, 1.165) is 22.3 Å². The monoisotopic (exact) mass is 349 g/mol. The molecule has 102 valence electrons. The Balaban J connectivity index is 1.83. The fraction of sp³-hybridized carbons (Fsp3) is 0.143. The van der Waals surface area contributed by atoms with Gasteiger partial charge in [0.05, 0.1) is 5.56 Å². The average molecular weight is 350 g/mol. The van der Waals surface area contributed by atoms with Crippen LogP contribution >= 0.6 is 27.3 Å². The second kappa shape index (κ2) is 5.76. The first kappa shape index (κ1) is 13.3. The highest BCUT2D eigenvalue weighted by atomic mass is 79.9. The molecule has 4 nitrogen and oxygen atoms in total. The number of halogens is 1. The summed E-state index contributed by atoms with van der Waals surface area (Å²) in [7, 11) is 0. The quantitative estimate of drug-likeness (QED) is 0.754. The largest absolute Gasteiger partial charge is 0.421 e. The Kier molecular flexibility index (Phi) is 3.84. The van der Waals surface area contributed by atoms with E-state index in [1.807, 2.05) is 24.3 Å². The van der Waals surface area contributed by atoms with Crippen molar-refractivity contribution >= 4 is 33.0 Å². The second-order valence-corrected chi connectivity index (χ2v) is 6.17. The first-order valence-electron chi connectivity index (χ1n) is 6.08. The molecule has 0 aliphatic heterocycles. The van der Waals surface area contributed by atoms with E-state index in [1.54, 1.807) is 18.3 Å². The summed E-state index contributed by atoms with van der Waals surface area (Å²) in [5.74, 6) is 1.11. The molecule has 2 aromatic heterocycles. The minimum atomic E-state index is 0.540. The maximum atomic E-state index is 5.50. The minimum Gasteiger partial charge on any atom is -0.421 e. The molecule has 1 aromatic carbocycles. The standard InChI is InChI=1S/C14H12BrN3OS/c1-9-17-18-14(19-9)12-4-2-3-5-13(12)16-7-11-6-10(15)8-20-11/h2-6,8,16H,7H2,1H3. The van der Waals surface area contributed by atoms with Gasteiger partial charge in [0.15, 0.2) is 0 Å². The Morgan fingerprint density at radius 2 is 2.15 bits per heavy atom. The van der Waals surface area contributed by atoms with Crippen molar-refractivity contribution in [3.05, 3.63) is 51.0 Å². The van der Waals surface area contributed by atoms with Crippen LogP contribution in [0.2, 0.25) is 0 Å². The number of nitrogens with one attached hydrogen (secondary N) is 1. The highest BCUT2D eigenvalue weighted by molar-refractivity contribution is 9.10. The Labute approximate surface area is 129 Å². The number of hydrogen-bond donors (Lipinski definition) is 1. The van der Waals surface area contributed by atoms with Crippen LogP contribution in [-0.2, 0) is 6.54 Å². The molecule has 0 saturated carbocycles. The fourth-order valence-corrected chi connectivity index (χ4v) is 3.25. The molecule has 2 heterocycles. The van der Waals surface area contributed by atoms with E-state index in [9.17, 15) is 0 Å². The lowest BCUT2D eigenvalue weighted by atomic mass is 10.2. The highest BCUT2D eigenvalue weighted by Crippen LogP contribution is 2.28. The summed E-state index contributed by atoms with van der Waals surface area (Å²) in [6.45, 7) is 2.55. The molecule has 0 aliphatic rings. The van der Waals surface area contributed by atoms with Crippen LogP contribution < -0.4 is 5.32 Å². The van der Waals surface area contributed by atoms with Crippen molar-refractivity contribution in [2.24, 2.45) is 0 Å². The van der Waals surface area contributed by atoms with Crippen molar-refractivity contribution < 1.29 is 4.42 Å². The Morgan fingerprint density at radius 1 is 1.30 bits per heavy atom.